The first kappa shape index (κ1) is 23.4. The zero-order chi connectivity index (χ0) is 22.3. The predicted octanol–water partition coefficient (Wildman–Crippen LogP) is 4.70. The molecule has 0 bridgehead atoms. The summed E-state index contributed by atoms with van der Waals surface area (Å²) in [5.74, 6) is 0.222. The van der Waals surface area contributed by atoms with Crippen molar-refractivity contribution >= 4 is 0 Å². The van der Waals surface area contributed by atoms with Crippen LogP contribution in [-0.2, 0) is 22.6 Å². The van der Waals surface area contributed by atoms with Crippen LogP contribution < -0.4 is 5.73 Å². The van der Waals surface area contributed by atoms with E-state index in [-0.39, 0.29) is 24.7 Å². The molecule has 4 rings (SSSR count). The van der Waals surface area contributed by atoms with Crippen molar-refractivity contribution in [3.8, 4) is 0 Å². The first-order chi connectivity index (χ1) is 15.7. The van der Waals surface area contributed by atoms with Crippen LogP contribution in [0.1, 0.15) is 73.7 Å². The molecule has 3 N–H and O–H groups in total. The van der Waals surface area contributed by atoms with E-state index in [1.807, 2.05) is 12.1 Å². The quantitative estimate of drug-likeness (QED) is 0.685. The van der Waals surface area contributed by atoms with Gasteiger partial charge >= 0.3 is 0 Å². The lowest BCUT2D eigenvalue weighted by molar-refractivity contribution is -0.276. The Kier molecular flexibility index (Phi) is 8.33. The van der Waals surface area contributed by atoms with E-state index in [9.17, 15) is 5.11 Å². The third kappa shape index (κ3) is 5.77. The minimum Gasteiger partial charge on any atom is -0.392 e. The highest BCUT2D eigenvalue weighted by Crippen LogP contribution is 2.42. The number of ether oxygens (including phenoxy) is 2. The van der Waals surface area contributed by atoms with Gasteiger partial charge in [0.15, 0.2) is 6.29 Å². The Morgan fingerprint density at radius 3 is 2.06 bits per heavy atom. The molecule has 0 radical (unpaired) electrons. The van der Waals surface area contributed by atoms with Gasteiger partial charge in [-0.1, -0.05) is 74.7 Å². The number of aliphatic hydroxyl groups excluding tert-OH is 1. The fourth-order valence-electron chi connectivity index (χ4n) is 4.89. The fraction of sp³-hybridized carbons (Fsp3) is 0.556. The Morgan fingerprint density at radius 2 is 1.44 bits per heavy atom. The lowest BCUT2D eigenvalue weighted by atomic mass is 9.89. The molecular weight excluding hydrogens is 400 g/mol. The second-order valence-electron chi connectivity index (χ2n) is 9.34. The predicted molar refractivity (Wildman–Crippen MR) is 127 cm³/mol. The minimum atomic E-state index is -0.403. The highest BCUT2D eigenvalue weighted by molar-refractivity contribution is 5.27. The van der Waals surface area contributed by atoms with Crippen LogP contribution >= 0.6 is 0 Å². The van der Waals surface area contributed by atoms with E-state index in [1.165, 1.54) is 32.1 Å². The van der Waals surface area contributed by atoms with E-state index in [2.05, 4.69) is 48.2 Å². The van der Waals surface area contributed by atoms with Gasteiger partial charge in [-0.2, -0.15) is 0 Å². The summed E-state index contributed by atoms with van der Waals surface area (Å²) in [5.41, 5.74) is 9.97. The summed E-state index contributed by atoms with van der Waals surface area (Å²) < 4.78 is 13.1. The average molecular weight is 439 g/mol. The lowest BCUT2D eigenvalue weighted by Crippen LogP contribution is -2.45. The SMILES string of the molecule is CC1C(CN2CCCCCCC2)OC(c2ccc(CN)cc2)OC1c1ccc(CO)cc1. The monoisotopic (exact) mass is 438 g/mol. The number of benzene rings is 2. The van der Waals surface area contributed by atoms with Gasteiger partial charge in [0.2, 0.25) is 0 Å². The van der Waals surface area contributed by atoms with Crippen LogP contribution in [0.2, 0.25) is 0 Å². The molecule has 0 saturated carbocycles. The molecule has 174 valence electrons. The molecule has 0 aliphatic carbocycles. The molecule has 4 unspecified atom stereocenters. The van der Waals surface area contributed by atoms with Crippen molar-refractivity contribution in [2.45, 2.75) is 70.7 Å². The maximum atomic E-state index is 9.43. The van der Waals surface area contributed by atoms with Gasteiger partial charge in [-0.3, -0.25) is 0 Å². The van der Waals surface area contributed by atoms with E-state index >= 15 is 0 Å². The van der Waals surface area contributed by atoms with Gasteiger partial charge in [-0.15, -0.1) is 0 Å². The summed E-state index contributed by atoms with van der Waals surface area (Å²) in [5, 5.41) is 9.43. The third-order valence-corrected chi connectivity index (χ3v) is 7.00. The Morgan fingerprint density at radius 1 is 0.844 bits per heavy atom. The van der Waals surface area contributed by atoms with Crippen molar-refractivity contribution in [3.63, 3.8) is 0 Å². The van der Waals surface area contributed by atoms with Crippen LogP contribution in [-0.4, -0.2) is 35.7 Å². The van der Waals surface area contributed by atoms with Crippen molar-refractivity contribution in [2.75, 3.05) is 19.6 Å². The number of hydrogen-bond donors (Lipinski definition) is 2. The van der Waals surface area contributed by atoms with E-state index in [1.54, 1.807) is 0 Å². The minimum absolute atomic E-state index is 0.0537. The molecule has 2 aliphatic heterocycles. The van der Waals surface area contributed by atoms with Crippen LogP contribution in [0.3, 0.4) is 0 Å². The van der Waals surface area contributed by atoms with E-state index in [0.717, 1.165) is 41.9 Å². The summed E-state index contributed by atoms with van der Waals surface area (Å²) in [6.45, 7) is 6.07. The first-order valence-electron chi connectivity index (χ1n) is 12.2. The number of rotatable bonds is 6. The Labute approximate surface area is 192 Å². The number of likely N-dealkylation sites (tertiary alicyclic amines) is 1. The molecule has 4 atom stereocenters. The van der Waals surface area contributed by atoms with Crippen molar-refractivity contribution in [3.05, 3.63) is 70.8 Å². The van der Waals surface area contributed by atoms with Gasteiger partial charge < -0.3 is 25.2 Å². The average Bonchev–Trinajstić information content (AvgIpc) is 2.82. The molecule has 2 aromatic rings. The Hall–Kier alpha value is -1.76. The maximum Gasteiger partial charge on any atom is 0.184 e. The van der Waals surface area contributed by atoms with Gasteiger partial charge in [0.1, 0.15) is 0 Å². The molecule has 2 saturated heterocycles. The maximum absolute atomic E-state index is 9.43. The molecule has 2 fully saturated rings. The van der Waals surface area contributed by atoms with Gasteiger partial charge in [-0.05, 0) is 42.6 Å². The third-order valence-electron chi connectivity index (χ3n) is 7.00. The zero-order valence-corrected chi connectivity index (χ0v) is 19.3. The number of hydrogen-bond acceptors (Lipinski definition) is 5. The Bertz CT molecular complexity index is 816. The molecule has 32 heavy (non-hydrogen) atoms. The second kappa shape index (κ2) is 11.4. The van der Waals surface area contributed by atoms with Crippen LogP contribution in [0.15, 0.2) is 48.5 Å². The van der Waals surface area contributed by atoms with Crippen LogP contribution in [0, 0.1) is 5.92 Å². The highest BCUT2D eigenvalue weighted by Gasteiger charge is 2.39. The lowest BCUT2D eigenvalue weighted by Gasteiger charge is -2.43. The van der Waals surface area contributed by atoms with E-state index < -0.39 is 6.29 Å². The number of nitrogens with zero attached hydrogens (tertiary/aromatic N) is 1. The molecule has 2 aromatic carbocycles. The van der Waals surface area contributed by atoms with Gasteiger partial charge in [0.25, 0.3) is 0 Å². The second-order valence-corrected chi connectivity index (χ2v) is 9.34. The molecular formula is C27H38N2O3. The standard InChI is InChI=1S/C27H38N2O3/c1-20-25(18-29-15-5-3-2-4-6-16-29)31-27(24-13-7-21(17-28)8-14-24)32-26(20)23-11-9-22(19-30)10-12-23/h7-14,20,25-27,30H,2-6,15-19,28H2,1H3. The normalized spacial score (nSPS) is 27.6. The topological polar surface area (TPSA) is 68.0 Å². The zero-order valence-electron chi connectivity index (χ0n) is 19.3. The molecule has 0 spiro atoms. The highest BCUT2D eigenvalue weighted by atomic mass is 16.7. The van der Waals surface area contributed by atoms with Gasteiger partial charge in [0.05, 0.1) is 18.8 Å². The number of nitrogens with two attached hydrogens (primary N) is 1. The molecule has 0 amide bonds. The molecule has 5 nitrogen and oxygen atoms in total. The smallest absolute Gasteiger partial charge is 0.184 e. The van der Waals surface area contributed by atoms with Crippen molar-refractivity contribution in [2.24, 2.45) is 11.7 Å². The summed E-state index contributed by atoms with van der Waals surface area (Å²) >= 11 is 0. The molecule has 2 aliphatic rings. The summed E-state index contributed by atoms with van der Waals surface area (Å²) in [7, 11) is 0. The summed E-state index contributed by atoms with van der Waals surface area (Å²) in [6.07, 6.45) is 6.19. The fourth-order valence-corrected chi connectivity index (χ4v) is 4.89. The molecule has 0 aromatic heterocycles. The Balaban J connectivity index is 1.56. The summed E-state index contributed by atoms with van der Waals surface area (Å²) in [4.78, 5) is 2.59. The van der Waals surface area contributed by atoms with Crippen molar-refractivity contribution in [1.82, 2.24) is 4.90 Å². The first-order valence-corrected chi connectivity index (χ1v) is 12.2. The molecule has 2 heterocycles. The van der Waals surface area contributed by atoms with Crippen LogP contribution in [0.25, 0.3) is 0 Å². The number of aliphatic hydroxyl groups is 1. The van der Waals surface area contributed by atoms with Crippen molar-refractivity contribution in [1.29, 1.82) is 0 Å². The van der Waals surface area contributed by atoms with Crippen molar-refractivity contribution < 1.29 is 14.6 Å². The van der Waals surface area contributed by atoms with E-state index in [4.69, 9.17) is 15.2 Å². The van der Waals surface area contributed by atoms with Gasteiger partial charge in [-0.25, -0.2) is 0 Å². The van der Waals surface area contributed by atoms with Gasteiger partial charge in [0, 0.05) is 24.6 Å². The summed E-state index contributed by atoms with van der Waals surface area (Å²) in [6, 6.07) is 16.4. The molecule has 5 heteroatoms. The van der Waals surface area contributed by atoms with Crippen LogP contribution in [0.5, 0.6) is 0 Å². The van der Waals surface area contributed by atoms with Crippen LogP contribution in [0.4, 0.5) is 0 Å². The largest absolute Gasteiger partial charge is 0.392 e. The van der Waals surface area contributed by atoms with E-state index in [0.29, 0.717) is 6.54 Å².